The van der Waals surface area contributed by atoms with Crippen molar-refractivity contribution in [3.63, 3.8) is 0 Å². The van der Waals surface area contributed by atoms with Crippen molar-refractivity contribution in [2.75, 3.05) is 13.1 Å². The highest BCUT2D eigenvalue weighted by atomic mass is 19.4. The SMILES string of the molecule is Cc1cc(C(=O)N2CC[C@@H](OC(C)C)C2)nc(C(F)(F)F)n1. The minimum atomic E-state index is -4.67. The third-order valence-corrected chi connectivity index (χ3v) is 3.22. The van der Waals surface area contributed by atoms with Crippen LogP contribution in [-0.4, -0.2) is 46.1 Å². The van der Waals surface area contributed by atoms with Crippen LogP contribution in [-0.2, 0) is 10.9 Å². The molecule has 1 aliphatic rings. The fourth-order valence-electron chi connectivity index (χ4n) is 2.38. The molecule has 1 saturated heterocycles. The van der Waals surface area contributed by atoms with E-state index in [1.807, 2.05) is 13.8 Å². The van der Waals surface area contributed by atoms with E-state index in [0.29, 0.717) is 19.5 Å². The Kier molecular flexibility index (Phi) is 4.69. The summed E-state index contributed by atoms with van der Waals surface area (Å²) in [6, 6.07) is 1.27. The fourth-order valence-corrected chi connectivity index (χ4v) is 2.38. The number of halogens is 3. The van der Waals surface area contributed by atoms with Crippen molar-refractivity contribution in [1.82, 2.24) is 14.9 Å². The van der Waals surface area contributed by atoms with Gasteiger partial charge in [0.25, 0.3) is 5.91 Å². The number of carbonyl (C=O) groups excluding carboxylic acids is 1. The fraction of sp³-hybridized carbons (Fsp3) is 0.643. The maximum Gasteiger partial charge on any atom is 0.451 e. The summed E-state index contributed by atoms with van der Waals surface area (Å²) in [5.41, 5.74) is -0.120. The van der Waals surface area contributed by atoms with E-state index in [1.165, 1.54) is 17.9 Å². The molecule has 0 N–H and O–H groups in total. The molecule has 2 heterocycles. The number of alkyl halides is 3. The molecule has 0 aliphatic carbocycles. The molecule has 122 valence electrons. The van der Waals surface area contributed by atoms with Gasteiger partial charge >= 0.3 is 6.18 Å². The number of ether oxygens (including phenoxy) is 1. The van der Waals surface area contributed by atoms with Gasteiger partial charge in [-0.05, 0) is 33.3 Å². The highest BCUT2D eigenvalue weighted by Gasteiger charge is 2.36. The molecule has 0 saturated carbocycles. The molecule has 1 amide bonds. The predicted molar refractivity (Wildman–Crippen MR) is 72.3 cm³/mol. The van der Waals surface area contributed by atoms with Crippen LogP contribution in [0.15, 0.2) is 6.07 Å². The average Bonchev–Trinajstić information content (AvgIpc) is 2.83. The van der Waals surface area contributed by atoms with Gasteiger partial charge in [-0.3, -0.25) is 4.79 Å². The summed E-state index contributed by atoms with van der Waals surface area (Å²) in [6.45, 7) is 6.01. The summed E-state index contributed by atoms with van der Waals surface area (Å²) >= 11 is 0. The van der Waals surface area contributed by atoms with Gasteiger partial charge in [0.1, 0.15) is 5.69 Å². The molecule has 22 heavy (non-hydrogen) atoms. The van der Waals surface area contributed by atoms with Crippen LogP contribution >= 0.6 is 0 Å². The Balaban J connectivity index is 2.15. The number of amides is 1. The summed E-state index contributed by atoms with van der Waals surface area (Å²) in [6.07, 6.45) is -4.05. The second-order valence-electron chi connectivity index (χ2n) is 5.56. The topological polar surface area (TPSA) is 55.3 Å². The first-order chi connectivity index (χ1) is 10.2. The van der Waals surface area contributed by atoms with Gasteiger partial charge in [-0.15, -0.1) is 0 Å². The Morgan fingerprint density at radius 1 is 1.41 bits per heavy atom. The Morgan fingerprint density at radius 3 is 2.68 bits per heavy atom. The number of likely N-dealkylation sites (tertiary alicyclic amines) is 1. The van der Waals surface area contributed by atoms with Gasteiger partial charge in [0.15, 0.2) is 0 Å². The average molecular weight is 317 g/mol. The number of rotatable bonds is 3. The highest BCUT2D eigenvalue weighted by molar-refractivity contribution is 5.92. The van der Waals surface area contributed by atoms with Crippen LogP contribution in [0.3, 0.4) is 0 Å². The summed E-state index contributed by atoms with van der Waals surface area (Å²) in [4.78, 5) is 20.5. The van der Waals surface area contributed by atoms with Gasteiger partial charge in [-0.1, -0.05) is 0 Å². The number of hydrogen-bond acceptors (Lipinski definition) is 4. The van der Waals surface area contributed by atoms with Gasteiger partial charge in [0.2, 0.25) is 5.82 Å². The quantitative estimate of drug-likeness (QED) is 0.859. The summed E-state index contributed by atoms with van der Waals surface area (Å²) < 4.78 is 43.8. The van der Waals surface area contributed by atoms with Crippen LogP contribution in [0.5, 0.6) is 0 Å². The number of hydrogen-bond donors (Lipinski definition) is 0. The van der Waals surface area contributed by atoms with E-state index in [0.717, 1.165) is 0 Å². The molecule has 5 nitrogen and oxygen atoms in total. The van der Waals surface area contributed by atoms with Crippen LogP contribution in [0, 0.1) is 6.92 Å². The lowest BCUT2D eigenvalue weighted by Crippen LogP contribution is -2.32. The second-order valence-corrected chi connectivity index (χ2v) is 5.56. The van der Waals surface area contributed by atoms with E-state index in [9.17, 15) is 18.0 Å². The number of carbonyl (C=O) groups is 1. The number of aryl methyl sites for hydroxylation is 1. The molecule has 1 aromatic rings. The largest absolute Gasteiger partial charge is 0.451 e. The molecule has 0 unspecified atom stereocenters. The molecule has 0 spiro atoms. The maximum absolute atomic E-state index is 12.7. The molecular weight excluding hydrogens is 299 g/mol. The standard InChI is InChI=1S/C14H18F3N3O2/c1-8(2)22-10-4-5-20(7-10)12(21)11-6-9(3)18-13(19-11)14(15,16)17/h6,8,10H,4-5,7H2,1-3H3/t10-/m1/s1. The van der Waals surface area contributed by atoms with Crippen LogP contribution in [0.2, 0.25) is 0 Å². The van der Waals surface area contributed by atoms with Gasteiger partial charge in [-0.25, -0.2) is 9.97 Å². The smallest absolute Gasteiger partial charge is 0.374 e. The normalized spacial score (nSPS) is 19.0. The van der Waals surface area contributed by atoms with Gasteiger partial charge < -0.3 is 9.64 Å². The molecule has 1 fully saturated rings. The maximum atomic E-state index is 12.7. The first-order valence-corrected chi connectivity index (χ1v) is 7.04. The minimum absolute atomic E-state index is 0.0400. The molecular formula is C14H18F3N3O2. The zero-order valence-electron chi connectivity index (χ0n) is 12.6. The van der Waals surface area contributed by atoms with Crippen LogP contribution < -0.4 is 0 Å². The Labute approximate surface area is 126 Å². The summed E-state index contributed by atoms with van der Waals surface area (Å²) in [5.74, 6) is -1.81. The molecule has 0 bridgehead atoms. The molecule has 2 rings (SSSR count). The molecule has 1 aliphatic heterocycles. The first kappa shape index (κ1) is 16.7. The summed E-state index contributed by atoms with van der Waals surface area (Å²) in [5, 5.41) is 0. The van der Waals surface area contributed by atoms with E-state index in [1.54, 1.807) is 0 Å². The van der Waals surface area contributed by atoms with E-state index in [4.69, 9.17) is 4.74 Å². The van der Waals surface area contributed by atoms with Crippen LogP contribution in [0.1, 0.15) is 42.3 Å². The predicted octanol–water partition coefficient (Wildman–Crippen LogP) is 2.44. The van der Waals surface area contributed by atoms with Crippen molar-refractivity contribution in [3.8, 4) is 0 Å². The van der Waals surface area contributed by atoms with Gasteiger partial charge in [0.05, 0.1) is 12.2 Å². The zero-order chi connectivity index (χ0) is 16.5. The lowest BCUT2D eigenvalue weighted by molar-refractivity contribution is -0.145. The van der Waals surface area contributed by atoms with Crippen LogP contribution in [0.4, 0.5) is 13.2 Å². The van der Waals surface area contributed by atoms with Crippen molar-refractivity contribution >= 4 is 5.91 Å². The van der Waals surface area contributed by atoms with E-state index in [2.05, 4.69) is 9.97 Å². The van der Waals surface area contributed by atoms with E-state index in [-0.39, 0.29) is 23.6 Å². The van der Waals surface area contributed by atoms with Crippen LogP contribution in [0.25, 0.3) is 0 Å². The Hall–Kier alpha value is -1.70. The first-order valence-electron chi connectivity index (χ1n) is 7.04. The minimum Gasteiger partial charge on any atom is -0.374 e. The van der Waals surface area contributed by atoms with Gasteiger partial charge in [0, 0.05) is 18.8 Å². The summed E-state index contributed by atoms with van der Waals surface area (Å²) in [7, 11) is 0. The van der Waals surface area contributed by atoms with E-state index < -0.39 is 17.9 Å². The number of nitrogens with zero attached hydrogens (tertiary/aromatic N) is 3. The van der Waals surface area contributed by atoms with Crippen molar-refractivity contribution in [1.29, 1.82) is 0 Å². The lowest BCUT2D eigenvalue weighted by Gasteiger charge is -2.18. The molecule has 1 atom stereocenters. The molecule has 0 radical (unpaired) electrons. The molecule has 1 aromatic heterocycles. The van der Waals surface area contributed by atoms with Crippen molar-refractivity contribution in [3.05, 3.63) is 23.3 Å². The van der Waals surface area contributed by atoms with Crippen molar-refractivity contribution in [2.45, 2.75) is 45.6 Å². The monoisotopic (exact) mass is 317 g/mol. The van der Waals surface area contributed by atoms with Gasteiger partial charge in [-0.2, -0.15) is 13.2 Å². The highest BCUT2D eigenvalue weighted by Crippen LogP contribution is 2.27. The molecule has 0 aromatic carbocycles. The Morgan fingerprint density at radius 2 is 2.09 bits per heavy atom. The van der Waals surface area contributed by atoms with Crippen molar-refractivity contribution in [2.24, 2.45) is 0 Å². The van der Waals surface area contributed by atoms with Crippen molar-refractivity contribution < 1.29 is 22.7 Å². The lowest BCUT2D eigenvalue weighted by atomic mass is 10.3. The Bertz CT molecular complexity index is 561. The third kappa shape index (κ3) is 3.94. The molecule has 8 heteroatoms. The number of aromatic nitrogens is 2. The second kappa shape index (κ2) is 6.20. The zero-order valence-corrected chi connectivity index (χ0v) is 12.6. The van der Waals surface area contributed by atoms with E-state index >= 15 is 0 Å². The third-order valence-electron chi connectivity index (χ3n) is 3.22.